The van der Waals surface area contributed by atoms with Gasteiger partial charge in [0.2, 0.25) is 10.0 Å². The third-order valence-corrected chi connectivity index (χ3v) is 6.52. The Kier molecular flexibility index (Phi) is 5.11. The highest BCUT2D eigenvalue weighted by Crippen LogP contribution is 2.30. The average molecular weight is 305 g/mol. The Bertz CT molecular complexity index is 558. The third-order valence-electron chi connectivity index (χ3n) is 3.21. The fourth-order valence-corrected chi connectivity index (χ4v) is 5.13. The number of sulfonamides is 1. The lowest BCUT2D eigenvalue weighted by Crippen LogP contribution is -2.36. The van der Waals surface area contributed by atoms with Crippen LogP contribution < -0.4 is 0 Å². The Morgan fingerprint density at radius 2 is 1.95 bits per heavy atom. The predicted molar refractivity (Wildman–Crippen MR) is 75.3 cm³/mol. The first-order chi connectivity index (χ1) is 8.77. The van der Waals surface area contributed by atoms with Gasteiger partial charge in [0, 0.05) is 13.1 Å². The van der Waals surface area contributed by atoms with Crippen LogP contribution in [0, 0.1) is 6.92 Å². The molecule has 0 aliphatic carbocycles. The highest BCUT2D eigenvalue weighted by molar-refractivity contribution is 7.89. The van der Waals surface area contributed by atoms with Crippen molar-refractivity contribution in [3.63, 3.8) is 0 Å². The molecule has 0 saturated heterocycles. The molecule has 7 heteroatoms. The van der Waals surface area contributed by atoms with Gasteiger partial charge in [-0.25, -0.2) is 13.2 Å². The fourth-order valence-electron chi connectivity index (χ4n) is 2.04. The first-order valence-electron chi connectivity index (χ1n) is 6.06. The molecule has 0 aromatic carbocycles. The van der Waals surface area contributed by atoms with Gasteiger partial charge in [-0.15, -0.1) is 11.3 Å². The van der Waals surface area contributed by atoms with Crippen LogP contribution in [0.3, 0.4) is 0 Å². The summed E-state index contributed by atoms with van der Waals surface area (Å²) in [4.78, 5) is 11.0. The quantitative estimate of drug-likeness (QED) is 0.876. The molecule has 0 atom stereocenters. The summed E-state index contributed by atoms with van der Waals surface area (Å²) in [6, 6.07) is -0.119. The van der Waals surface area contributed by atoms with E-state index in [9.17, 15) is 13.2 Å². The summed E-state index contributed by atoms with van der Waals surface area (Å²) >= 11 is 0.950. The second-order valence-corrected chi connectivity index (χ2v) is 7.19. The largest absolute Gasteiger partial charge is 0.477 e. The molecule has 0 aliphatic heterocycles. The van der Waals surface area contributed by atoms with Crippen LogP contribution in [-0.4, -0.2) is 36.9 Å². The van der Waals surface area contributed by atoms with E-state index < -0.39 is 16.0 Å². The lowest BCUT2D eigenvalue weighted by molar-refractivity contribution is 0.0698. The van der Waals surface area contributed by atoms with Crippen molar-refractivity contribution in [2.75, 3.05) is 7.05 Å². The van der Waals surface area contributed by atoms with Gasteiger partial charge in [0.15, 0.2) is 0 Å². The summed E-state index contributed by atoms with van der Waals surface area (Å²) in [6.07, 6.45) is 1.38. The molecule has 0 unspecified atom stereocenters. The van der Waals surface area contributed by atoms with Crippen molar-refractivity contribution >= 4 is 27.3 Å². The first kappa shape index (κ1) is 16.1. The molecule has 1 heterocycles. The lowest BCUT2D eigenvalue weighted by atomic mass is 10.2. The fraction of sp³-hybridized carbons (Fsp3) is 0.583. The number of hydrogen-bond acceptors (Lipinski definition) is 4. The standard InChI is InChI=1S/C12H19NO4S2/c1-5-9(6-2)13(4)19(16,17)11-8(3)7-18-10(11)12(14)15/h7,9H,5-6H2,1-4H3,(H,14,15). The van der Waals surface area contributed by atoms with Gasteiger partial charge in [0.05, 0.1) is 0 Å². The Hall–Kier alpha value is -0.920. The highest BCUT2D eigenvalue weighted by atomic mass is 32.2. The van der Waals surface area contributed by atoms with E-state index in [1.165, 1.54) is 11.4 Å². The maximum Gasteiger partial charge on any atom is 0.347 e. The van der Waals surface area contributed by atoms with Crippen molar-refractivity contribution in [2.24, 2.45) is 0 Å². The number of carbonyl (C=O) groups is 1. The molecule has 0 spiro atoms. The minimum absolute atomic E-state index is 0.0700. The second-order valence-electron chi connectivity index (χ2n) is 4.37. The molecule has 1 aromatic heterocycles. The van der Waals surface area contributed by atoms with Crippen LogP contribution in [-0.2, 0) is 10.0 Å². The van der Waals surface area contributed by atoms with Gasteiger partial charge in [-0.05, 0) is 30.7 Å². The van der Waals surface area contributed by atoms with Crippen molar-refractivity contribution in [1.82, 2.24) is 4.31 Å². The van der Waals surface area contributed by atoms with Crippen LogP contribution in [0.15, 0.2) is 10.3 Å². The minimum Gasteiger partial charge on any atom is -0.477 e. The normalized spacial score (nSPS) is 12.3. The average Bonchev–Trinajstić information content (AvgIpc) is 2.73. The van der Waals surface area contributed by atoms with E-state index in [0.717, 1.165) is 11.3 Å². The summed E-state index contributed by atoms with van der Waals surface area (Å²) in [5.41, 5.74) is 0.486. The van der Waals surface area contributed by atoms with Crippen LogP contribution in [0.2, 0.25) is 0 Å². The van der Waals surface area contributed by atoms with Gasteiger partial charge < -0.3 is 5.11 Å². The molecule has 19 heavy (non-hydrogen) atoms. The highest BCUT2D eigenvalue weighted by Gasteiger charge is 2.32. The lowest BCUT2D eigenvalue weighted by Gasteiger charge is -2.25. The van der Waals surface area contributed by atoms with E-state index in [1.807, 2.05) is 13.8 Å². The molecular formula is C12H19NO4S2. The molecule has 0 amide bonds. The Morgan fingerprint density at radius 1 is 1.42 bits per heavy atom. The van der Waals surface area contributed by atoms with Gasteiger partial charge >= 0.3 is 5.97 Å². The predicted octanol–water partition coefficient (Wildman–Crippen LogP) is 2.56. The molecule has 0 saturated carbocycles. The van der Waals surface area contributed by atoms with Crippen molar-refractivity contribution in [2.45, 2.75) is 44.6 Å². The molecule has 108 valence electrons. The van der Waals surface area contributed by atoms with Gasteiger partial charge in [0.1, 0.15) is 9.77 Å². The number of nitrogens with zero attached hydrogens (tertiary/aromatic N) is 1. The molecule has 1 aromatic rings. The zero-order valence-electron chi connectivity index (χ0n) is 11.5. The molecule has 1 rings (SSSR count). The van der Waals surface area contributed by atoms with Crippen LogP contribution in [0.1, 0.15) is 41.9 Å². The van der Waals surface area contributed by atoms with Crippen LogP contribution in [0.4, 0.5) is 0 Å². The molecule has 0 fully saturated rings. The Labute approximate surface area is 117 Å². The van der Waals surface area contributed by atoms with E-state index >= 15 is 0 Å². The number of aryl methyl sites for hydroxylation is 1. The third kappa shape index (κ3) is 2.98. The summed E-state index contributed by atoms with van der Waals surface area (Å²) in [7, 11) is -2.25. The number of rotatable bonds is 6. The molecule has 5 nitrogen and oxygen atoms in total. The Balaban J connectivity index is 3.35. The van der Waals surface area contributed by atoms with Gasteiger partial charge in [-0.3, -0.25) is 0 Å². The van der Waals surface area contributed by atoms with E-state index in [0.29, 0.717) is 18.4 Å². The van der Waals surface area contributed by atoms with Gasteiger partial charge in [0.25, 0.3) is 0 Å². The van der Waals surface area contributed by atoms with Crippen molar-refractivity contribution < 1.29 is 18.3 Å². The van der Waals surface area contributed by atoms with Crippen molar-refractivity contribution in [1.29, 1.82) is 0 Å². The second kappa shape index (κ2) is 6.02. The SMILES string of the molecule is CCC(CC)N(C)S(=O)(=O)c1c(C)csc1C(=O)O. The molecular weight excluding hydrogens is 286 g/mol. The zero-order chi connectivity index (χ0) is 14.8. The summed E-state index contributed by atoms with van der Waals surface area (Å²) in [6.45, 7) is 5.45. The van der Waals surface area contributed by atoms with E-state index in [4.69, 9.17) is 5.11 Å². The van der Waals surface area contributed by atoms with Gasteiger partial charge in [-0.1, -0.05) is 13.8 Å². The summed E-state index contributed by atoms with van der Waals surface area (Å²) in [5, 5.41) is 10.7. The topological polar surface area (TPSA) is 74.7 Å². The van der Waals surface area contributed by atoms with E-state index in [2.05, 4.69) is 0 Å². The summed E-state index contributed by atoms with van der Waals surface area (Å²) < 4.78 is 26.4. The molecule has 0 aliphatic rings. The minimum atomic E-state index is -3.76. The molecule has 0 bridgehead atoms. The molecule has 0 radical (unpaired) electrons. The van der Waals surface area contributed by atoms with Crippen molar-refractivity contribution in [3.8, 4) is 0 Å². The smallest absolute Gasteiger partial charge is 0.347 e. The number of carboxylic acid groups (broad SMARTS) is 1. The monoisotopic (exact) mass is 305 g/mol. The number of thiophene rings is 1. The van der Waals surface area contributed by atoms with Crippen LogP contribution in [0.5, 0.6) is 0 Å². The maximum atomic E-state index is 12.6. The summed E-state index contributed by atoms with van der Waals surface area (Å²) in [5.74, 6) is -1.20. The zero-order valence-corrected chi connectivity index (χ0v) is 13.1. The number of hydrogen-bond donors (Lipinski definition) is 1. The van der Waals surface area contributed by atoms with E-state index in [-0.39, 0.29) is 15.8 Å². The maximum absolute atomic E-state index is 12.6. The van der Waals surface area contributed by atoms with Crippen LogP contribution in [0.25, 0.3) is 0 Å². The van der Waals surface area contributed by atoms with E-state index in [1.54, 1.807) is 12.3 Å². The van der Waals surface area contributed by atoms with Gasteiger partial charge in [-0.2, -0.15) is 4.31 Å². The first-order valence-corrected chi connectivity index (χ1v) is 8.38. The van der Waals surface area contributed by atoms with Crippen LogP contribution >= 0.6 is 11.3 Å². The molecule has 1 N–H and O–H groups in total. The number of carboxylic acids is 1. The Morgan fingerprint density at radius 3 is 2.37 bits per heavy atom. The number of aromatic carboxylic acids is 1. The van der Waals surface area contributed by atoms with Crippen molar-refractivity contribution in [3.05, 3.63) is 15.8 Å².